The average molecular weight is 221 g/mol. The minimum Gasteiger partial charge on any atom is -0.461 e. The lowest BCUT2D eigenvalue weighted by Gasteiger charge is -2.14. The Morgan fingerprint density at radius 1 is 1.38 bits per heavy atom. The van der Waals surface area contributed by atoms with Crippen molar-refractivity contribution < 1.29 is 8.81 Å². The first kappa shape index (κ1) is 11.1. The lowest BCUT2D eigenvalue weighted by Crippen LogP contribution is -2.26. The summed E-state index contributed by atoms with van der Waals surface area (Å²) in [5, 5.41) is 3.99. The van der Waals surface area contributed by atoms with Crippen LogP contribution in [0.3, 0.4) is 0 Å². The molecule has 0 fully saturated rings. The van der Waals surface area contributed by atoms with Gasteiger partial charge in [-0.15, -0.1) is 0 Å². The fourth-order valence-electron chi connectivity index (χ4n) is 1.91. The number of hydrogen-bond donors (Lipinski definition) is 1. The molecule has 0 radical (unpaired) electrons. The van der Waals surface area contributed by atoms with Crippen LogP contribution in [0.15, 0.2) is 28.9 Å². The van der Waals surface area contributed by atoms with Gasteiger partial charge < -0.3 is 9.73 Å². The minimum absolute atomic E-state index is 0.226. The third-order valence-corrected chi connectivity index (χ3v) is 3.01. The molecule has 0 spiro atoms. The summed E-state index contributed by atoms with van der Waals surface area (Å²) in [4.78, 5) is 0. The Kier molecular flexibility index (Phi) is 3.25. The van der Waals surface area contributed by atoms with Crippen molar-refractivity contribution in [2.75, 3.05) is 7.05 Å². The zero-order chi connectivity index (χ0) is 11.5. The standard InChI is InChI=1S/C13H16FNO/c1-3-11(15-2)8-10-5-4-9-6-7-16-13(9)12(10)14/h4-7,11,15H,3,8H2,1-2H3/t11-/m0/s1. The maximum absolute atomic E-state index is 14.0. The van der Waals surface area contributed by atoms with Gasteiger partial charge in [-0.1, -0.05) is 19.1 Å². The van der Waals surface area contributed by atoms with Crippen molar-refractivity contribution in [3.63, 3.8) is 0 Å². The van der Waals surface area contributed by atoms with Crippen LogP contribution in [0.1, 0.15) is 18.9 Å². The van der Waals surface area contributed by atoms with Gasteiger partial charge in [0.25, 0.3) is 0 Å². The number of hydrogen-bond acceptors (Lipinski definition) is 2. The van der Waals surface area contributed by atoms with Crippen LogP contribution < -0.4 is 5.32 Å². The fourth-order valence-corrected chi connectivity index (χ4v) is 1.91. The van der Waals surface area contributed by atoms with Crippen molar-refractivity contribution >= 4 is 11.0 Å². The fraction of sp³-hybridized carbons (Fsp3) is 0.385. The van der Waals surface area contributed by atoms with Crippen LogP contribution >= 0.6 is 0 Å². The van der Waals surface area contributed by atoms with Crippen LogP contribution in [-0.4, -0.2) is 13.1 Å². The summed E-state index contributed by atoms with van der Waals surface area (Å²) < 4.78 is 19.2. The first-order valence-corrected chi connectivity index (χ1v) is 5.58. The van der Waals surface area contributed by atoms with Crippen molar-refractivity contribution in [3.8, 4) is 0 Å². The Morgan fingerprint density at radius 3 is 2.88 bits per heavy atom. The first-order chi connectivity index (χ1) is 7.76. The van der Waals surface area contributed by atoms with E-state index in [4.69, 9.17) is 4.42 Å². The van der Waals surface area contributed by atoms with Gasteiger partial charge in [-0.25, -0.2) is 4.39 Å². The van der Waals surface area contributed by atoms with E-state index in [1.807, 2.05) is 19.2 Å². The van der Waals surface area contributed by atoms with E-state index < -0.39 is 0 Å². The molecule has 0 saturated heterocycles. The quantitative estimate of drug-likeness (QED) is 0.858. The van der Waals surface area contributed by atoms with Crippen molar-refractivity contribution in [3.05, 3.63) is 35.8 Å². The molecule has 0 unspecified atom stereocenters. The van der Waals surface area contributed by atoms with Crippen molar-refractivity contribution in [2.24, 2.45) is 0 Å². The van der Waals surface area contributed by atoms with Gasteiger partial charge in [-0.05, 0) is 31.5 Å². The van der Waals surface area contributed by atoms with E-state index in [9.17, 15) is 4.39 Å². The van der Waals surface area contributed by atoms with Crippen LogP contribution in [0.4, 0.5) is 4.39 Å². The molecular weight excluding hydrogens is 205 g/mol. The second kappa shape index (κ2) is 4.66. The Hall–Kier alpha value is -1.35. The van der Waals surface area contributed by atoms with E-state index >= 15 is 0 Å². The lowest BCUT2D eigenvalue weighted by molar-refractivity contribution is 0.513. The summed E-state index contributed by atoms with van der Waals surface area (Å²) in [6.07, 6.45) is 3.19. The summed E-state index contributed by atoms with van der Waals surface area (Å²) in [7, 11) is 1.90. The Bertz CT molecular complexity index is 474. The van der Waals surface area contributed by atoms with E-state index in [0.29, 0.717) is 23.6 Å². The highest BCUT2D eigenvalue weighted by Gasteiger charge is 2.13. The molecule has 1 atom stereocenters. The third-order valence-electron chi connectivity index (χ3n) is 3.01. The Labute approximate surface area is 94.4 Å². The molecule has 0 aliphatic rings. The smallest absolute Gasteiger partial charge is 0.169 e. The molecule has 0 saturated carbocycles. The SMILES string of the molecule is CC[C@@H](Cc1ccc2ccoc2c1F)NC. The number of benzene rings is 1. The average Bonchev–Trinajstić information content (AvgIpc) is 2.77. The van der Waals surface area contributed by atoms with Crippen molar-refractivity contribution in [1.82, 2.24) is 5.32 Å². The van der Waals surface area contributed by atoms with E-state index in [-0.39, 0.29) is 5.82 Å². The molecule has 2 aromatic rings. The highest BCUT2D eigenvalue weighted by atomic mass is 19.1. The van der Waals surface area contributed by atoms with Gasteiger partial charge in [-0.2, -0.15) is 0 Å². The number of rotatable bonds is 4. The first-order valence-electron chi connectivity index (χ1n) is 5.58. The second-order valence-corrected chi connectivity index (χ2v) is 3.98. The number of furan rings is 1. The van der Waals surface area contributed by atoms with Gasteiger partial charge >= 0.3 is 0 Å². The van der Waals surface area contributed by atoms with E-state index in [0.717, 1.165) is 11.8 Å². The van der Waals surface area contributed by atoms with E-state index in [1.165, 1.54) is 6.26 Å². The predicted octanol–water partition coefficient (Wildman–Crippen LogP) is 3.11. The molecule has 0 bridgehead atoms. The third kappa shape index (κ3) is 1.95. The van der Waals surface area contributed by atoms with Crippen LogP contribution in [-0.2, 0) is 6.42 Å². The van der Waals surface area contributed by atoms with Crippen molar-refractivity contribution in [1.29, 1.82) is 0 Å². The molecule has 3 heteroatoms. The summed E-state index contributed by atoms with van der Waals surface area (Å²) in [6, 6.07) is 5.83. The molecule has 86 valence electrons. The van der Waals surface area contributed by atoms with Gasteiger partial charge in [0.15, 0.2) is 11.4 Å². The minimum atomic E-state index is -0.226. The summed E-state index contributed by atoms with van der Waals surface area (Å²) in [6.45, 7) is 2.09. The highest BCUT2D eigenvalue weighted by molar-refractivity contribution is 5.78. The maximum atomic E-state index is 14.0. The zero-order valence-corrected chi connectivity index (χ0v) is 9.59. The zero-order valence-electron chi connectivity index (χ0n) is 9.59. The molecule has 0 aliphatic carbocycles. The molecule has 0 amide bonds. The van der Waals surface area contributed by atoms with Crippen LogP contribution in [0.25, 0.3) is 11.0 Å². The van der Waals surface area contributed by atoms with Crippen LogP contribution in [0.5, 0.6) is 0 Å². The summed E-state index contributed by atoms with van der Waals surface area (Å²) in [5.41, 5.74) is 1.08. The maximum Gasteiger partial charge on any atom is 0.169 e. The summed E-state index contributed by atoms with van der Waals surface area (Å²) in [5.74, 6) is -0.226. The molecule has 1 N–H and O–H groups in total. The predicted molar refractivity (Wildman–Crippen MR) is 63.0 cm³/mol. The van der Waals surface area contributed by atoms with Gasteiger partial charge in [-0.3, -0.25) is 0 Å². The van der Waals surface area contributed by atoms with Crippen LogP contribution in [0.2, 0.25) is 0 Å². The second-order valence-electron chi connectivity index (χ2n) is 3.98. The van der Waals surface area contributed by atoms with Gasteiger partial charge in [0.05, 0.1) is 6.26 Å². The van der Waals surface area contributed by atoms with Crippen LogP contribution in [0, 0.1) is 5.82 Å². The molecule has 16 heavy (non-hydrogen) atoms. The molecule has 1 heterocycles. The molecular formula is C13H16FNO. The van der Waals surface area contributed by atoms with Gasteiger partial charge in [0, 0.05) is 11.4 Å². The molecule has 2 nitrogen and oxygen atoms in total. The summed E-state index contributed by atoms with van der Waals surface area (Å²) >= 11 is 0. The van der Waals surface area contributed by atoms with E-state index in [1.54, 1.807) is 6.07 Å². The Morgan fingerprint density at radius 2 is 2.19 bits per heavy atom. The lowest BCUT2D eigenvalue weighted by atomic mass is 10.0. The van der Waals surface area contributed by atoms with Gasteiger partial charge in [0.2, 0.25) is 0 Å². The normalized spacial score (nSPS) is 13.2. The van der Waals surface area contributed by atoms with Crippen molar-refractivity contribution in [2.45, 2.75) is 25.8 Å². The Balaban J connectivity index is 2.33. The monoisotopic (exact) mass is 221 g/mol. The molecule has 0 aliphatic heterocycles. The number of halogens is 1. The topological polar surface area (TPSA) is 25.2 Å². The largest absolute Gasteiger partial charge is 0.461 e. The number of likely N-dealkylation sites (N-methyl/N-ethyl adjacent to an activating group) is 1. The van der Waals surface area contributed by atoms with Gasteiger partial charge in [0.1, 0.15) is 0 Å². The highest BCUT2D eigenvalue weighted by Crippen LogP contribution is 2.23. The van der Waals surface area contributed by atoms with E-state index in [2.05, 4.69) is 12.2 Å². The number of nitrogens with one attached hydrogen (secondary N) is 1. The number of fused-ring (bicyclic) bond motifs is 1. The molecule has 2 rings (SSSR count). The molecule has 1 aromatic carbocycles. The molecule has 1 aromatic heterocycles.